The van der Waals surface area contributed by atoms with E-state index in [2.05, 4.69) is 34.6 Å². The molecule has 6 heteroatoms. The van der Waals surface area contributed by atoms with Gasteiger partial charge in [0.25, 0.3) is 10.1 Å². The molecule has 0 amide bonds. The van der Waals surface area contributed by atoms with Crippen LogP contribution in [-0.2, 0) is 15.5 Å². The average Bonchev–Trinajstić information content (AvgIpc) is 2.50. The number of benzene rings is 1. The smallest absolute Gasteiger partial charge is 0.282 e. The second-order valence-corrected chi connectivity index (χ2v) is 7.30. The molecule has 1 aliphatic heterocycles. The van der Waals surface area contributed by atoms with Gasteiger partial charge in [0.15, 0.2) is 12.3 Å². The lowest BCUT2D eigenvalue weighted by molar-refractivity contribution is -0.433. The van der Waals surface area contributed by atoms with Crippen molar-refractivity contribution in [2.24, 2.45) is 0 Å². The molecule has 0 aromatic heterocycles. The van der Waals surface area contributed by atoms with Crippen molar-refractivity contribution in [3.63, 3.8) is 0 Å². The molecule has 0 saturated carbocycles. The Morgan fingerprint density at radius 2 is 2.00 bits per heavy atom. The minimum atomic E-state index is -4.15. The van der Waals surface area contributed by atoms with Gasteiger partial charge in [-0.25, -0.2) is 0 Å². The number of hydrogen-bond acceptors (Lipinski definition) is 2. The first-order valence-electron chi connectivity index (χ1n) is 6.13. The Balaban J connectivity index is 2.66. The summed E-state index contributed by atoms with van der Waals surface area (Å²) in [7, 11) is -1.45. The fourth-order valence-electron chi connectivity index (χ4n) is 2.54. The fourth-order valence-corrected chi connectivity index (χ4v) is 3.31. The summed E-state index contributed by atoms with van der Waals surface area (Å²) >= 11 is 0. The van der Waals surface area contributed by atoms with E-state index >= 15 is 0 Å². The third-order valence-electron chi connectivity index (χ3n) is 3.89. The maximum atomic E-state index is 11.3. The van der Waals surface area contributed by atoms with E-state index in [1.165, 1.54) is 11.8 Å². The standard InChI is InChI=1S/C13H18NO3PS/c1-9-13(2,3)11-8-10(19(15,16)17)4-5-12(11)14(9)6-7-18/h4-5,8H,6-7,18H2,1-3H3/p+1. The molecule has 1 aromatic carbocycles. The van der Waals surface area contributed by atoms with Crippen LogP contribution >= 0.6 is 9.24 Å². The third-order valence-corrected chi connectivity index (χ3v) is 5.00. The molecule has 2 rings (SSSR count). The normalized spacial score (nSPS) is 17.7. The maximum Gasteiger partial charge on any atom is 0.294 e. The van der Waals surface area contributed by atoms with Gasteiger partial charge >= 0.3 is 0 Å². The van der Waals surface area contributed by atoms with Crippen LogP contribution in [-0.4, -0.2) is 36.0 Å². The van der Waals surface area contributed by atoms with Crippen LogP contribution in [0.4, 0.5) is 5.69 Å². The minimum absolute atomic E-state index is 0.0418. The highest BCUT2D eigenvalue weighted by Crippen LogP contribution is 2.40. The van der Waals surface area contributed by atoms with Gasteiger partial charge in [-0.2, -0.15) is 13.0 Å². The fraction of sp³-hybridized carbons (Fsp3) is 0.462. The van der Waals surface area contributed by atoms with Crippen LogP contribution in [0.2, 0.25) is 0 Å². The van der Waals surface area contributed by atoms with E-state index in [1.807, 2.05) is 0 Å². The molecule has 0 saturated heterocycles. The van der Waals surface area contributed by atoms with Crippen LogP contribution in [0.25, 0.3) is 0 Å². The summed E-state index contributed by atoms with van der Waals surface area (Å²) < 4.78 is 33.9. The third kappa shape index (κ3) is 2.35. The van der Waals surface area contributed by atoms with Gasteiger partial charge in [0.1, 0.15) is 0 Å². The van der Waals surface area contributed by atoms with Gasteiger partial charge in [0.05, 0.1) is 10.3 Å². The van der Waals surface area contributed by atoms with E-state index in [4.69, 9.17) is 0 Å². The van der Waals surface area contributed by atoms with Crippen LogP contribution < -0.4 is 0 Å². The summed E-state index contributed by atoms with van der Waals surface area (Å²) in [6, 6.07) is 4.81. The average molecular weight is 300 g/mol. The zero-order chi connectivity index (χ0) is 14.4. The number of rotatable bonds is 3. The first-order valence-corrected chi connectivity index (χ1v) is 8.39. The molecular weight excluding hydrogens is 281 g/mol. The first kappa shape index (κ1) is 14.6. The van der Waals surface area contributed by atoms with Gasteiger partial charge in [0.2, 0.25) is 5.69 Å². The monoisotopic (exact) mass is 300 g/mol. The molecule has 104 valence electrons. The Hall–Kier alpha value is -0.770. The highest BCUT2D eigenvalue weighted by atomic mass is 32.2. The van der Waals surface area contributed by atoms with E-state index in [-0.39, 0.29) is 10.3 Å². The SMILES string of the molecule is CC1=[N+](CCP)c2ccc(S(=O)(=O)O)cc2C1(C)C. The number of fused-ring (bicyclic) bond motifs is 1. The topological polar surface area (TPSA) is 57.4 Å². The molecule has 0 aliphatic carbocycles. The zero-order valence-corrected chi connectivity index (χ0v) is 13.3. The summed E-state index contributed by atoms with van der Waals surface area (Å²) in [5.74, 6) is 0. The van der Waals surface area contributed by atoms with Crippen LogP contribution in [0, 0.1) is 0 Å². The van der Waals surface area contributed by atoms with Gasteiger partial charge in [-0.3, -0.25) is 4.55 Å². The van der Waals surface area contributed by atoms with Crippen LogP contribution in [0.15, 0.2) is 23.1 Å². The lowest BCUT2D eigenvalue weighted by Gasteiger charge is -2.15. The molecule has 1 heterocycles. The lowest BCUT2D eigenvalue weighted by atomic mass is 9.82. The molecule has 0 fully saturated rings. The van der Waals surface area contributed by atoms with Crippen molar-refractivity contribution in [1.29, 1.82) is 0 Å². The molecule has 4 nitrogen and oxygen atoms in total. The number of nitrogens with zero attached hydrogens (tertiary/aromatic N) is 1. The summed E-state index contributed by atoms with van der Waals surface area (Å²) in [4.78, 5) is -0.0418. The molecular formula is C13H19NO3PS+. The quantitative estimate of drug-likeness (QED) is 0.529. The van der Waals surface area contributed by atoms with E-state index in [1.54, 1.807) is 12.1 Å². The van der Waals surface area contributed by atoms with Crippen LogP contribution in [0.5, 0.6) is 0 Å². The van der Waals surface area contributed by atoms with Gasteiger partial charge in [-0.15, -0.1) is 9.24 Å². The summed E-state index contributed by atoms with van der Waals surface area (Å²) in [6.45, 7) is 7.07. The highest BCUT2D eigenvalue weighted by Gasteiger charge is 2.43. The Kier molecular flexibility index (Phi) is 3.58. The lowest BCUT2D eigenvalue weighted by Crippen LogP contribution is -2.27. The van der Waals surface area contributed by atoms with E-state index < -0.39 is 10.1 Å². The van der Waals surface area contributed by atoms with Crippen LogP contribution in [0.3, 0.4) is 0 Å². The predicted octanol–water partition coefficient (Wildman–Crippen LogP) is 2.20. The van der Waals surface area contributed by atoms with Crippen molar-refractivity contribution in [3.8, 4) is 0 Å². The Morgan fingerprint density at radius 3 is 2.53 bits per heavy atom. The molecule has 1 aromatic rings. The van der Waals surface area contributed by atoms with Gasteiger partial charge in [-0.1, -0.05) is 0 Å². The molecule has 1 unspecified atom stereocenters. The first-order chi connectivity index (χ1) is 8.69. The number of hydrogen-bond donors (Lipinski definition) is 1. The molecule has 19 heavy (non-hydrogen) atoms. The molecule has 1 atom stereocenters. The highest BCUT2D eigenvalue weighted by molar-refractivity contribution is 7.85. The maximum absolute atomic E-state index is 11.3. The minimum Gasteiger partial charge on any atom is -0.282 e. The molecule has 0 bridgehead atoms. The molecule has 1 N–H and O–H groups in total. The van der Waals surface area contributed by atoms with Crippen molar-refractivity contribution >= 4 is 30.8 Å². The second kappa shape index (κ2) is 4.65. The molecule has 1 aliphatic rings. The van der Waals surface area contributed by atoms with Gasteiger partial charge in [0, 0.05) is 24.7 Å². The second-order valence-electron chi connectivity index (χ2n) is 5.30. The van der Waals surface area contributed by atoms with Gasteiger partial charge in [-0.05, 0) is 26.0 Å². The van der Waals surface area contributed by atoms with E-state index in [0.717, 1.165) is 24.0 Å². The molecule has 0 spiro atoms. The van der Waals surface area contributed by atoms with Crippen LogP contribution in [0.1, 0.15) is 26.3 Å². The van der Waals surface area contributed by atoms with Crippen molar-refractivity contribution in [2.45, 2.75) is 31.1 Å². The summed E-state index contributed by atoms with van der Waals surface area (Å²) in [6.07, 6.45) is 0.937. The predicted molar refractivity (Wildman–Crippen MR) is 79.3 cm³/mol. The van der Waals surface area contributed by atoms with Gasteiger partial charge < -0.3 is 0 Å². The largest absolute Gasteiger partial charge is 0.294 e. The van der Waals surface area contributed by atoms with E-state index in [0.29, 0.717) is 0 Å². The Labute approximate surface area is 116 Å². The Bertz CT molecular complexity index is 662. The Morgan fingerprint density at radius 1 is 1.37 bits per heavy atom. The van der Waals surface area contributed by atoms with Crippen molar-refractivity contribution in [3.05, 3.63) is 23.8 Å². The van der Waals surface area contributed by atoms with Crippen molar-refractivity contribution in [2.75, 3.05) is 12.7 Å². The van der Waals surface area contributed by atoms with Crippen molar-refractivity contribution < 1.29 is 17.5 Å². The van der Waals surface area contributed by atoms with Crippen molar-refractivity contribution in [1.82, 2.24) is 0 Å². The molecule has 0 radical (unpaired) electrons. The summed E-state index contributed by atoms with van der Waals surface area (Å²) in [5, 5.41) is 0. The van der Waals surface area contributed by atoms with E-state index in [9.17, 15) is 13.0 Å². The zero-order valence-electron chi connectivity index (χ0n) is 11.3. The summed E-state index contributed by atoms with van der Waals surface area (Å²) in [5.41, 5.74) is 2.93.